The summed E-state index contributed by atoms with van der Waals surface area (Å²) < 4.78 is 4.47. The number of fused-ring (bicyclic) bond motifs is 3. The maximum atomic E-state index is 12.9. The highest BCUT2D eigenvalue weighted by atomic mass is 35.5. The highest BCUT2D eigenvalue weighted by molar-refractivity contribution is 6.34. The van der Waals surface area contributed by atoms with Gasteiger partial charge in [-0.1, -0.05) is 19.0 Å². The predicted octanol–water partition coefficient (Wildman–Crippen LogP) is 5.50. The van der Waals surface area contributed by atoms with Gasteiger partial charge in [0, 0.05) is 18.6 Å². The van der Waals surface area contributed by atoms with Gasteiger partial charge < -0.3 is 31.9 Å². The lowest BCUT2D eigenvalue weighted by Crippen LogP contribution is -2.42. The number of rotatable bonds is 8. The van der Waals surface area contributed by atoms with Crippen LogP contribution < -0.4 is 48.6 Å². The molecule has 11 rings (SSSR count). The molecule has 0 radical (unpaired) electrons. The summed E-state index contributed by atoms with van der Waals surface area (Å²) in [5.41, 5.74) is 1.00. The van der Waals surface area contributed by atoms with Crippen LogP contribution in [0, 0.1) is 0 Å². The monoisotopic (exact) mass is 943 g/mol. The lowest BCUT2D eigenvalue weighted by atomic mass is 10.1. The topological polar surface area (TPSA) is 267 Å². The summed E-state index contributed by atoms with van der Waals surface area (Å²) in [6.07, 6.45) is 13.2. The molecule has 6 N–H and O–H groups in total. The number of hydrogen-bond acceptors (Lipinski definition) is 15. The lowest BCUT2D eigenvalue weighted by Gasteiger charge is -2.22. The molecule has 0 atom stereocenters. The van der Waals surface area contributed by atoms with Crippen molar-refractivity contribution < 1.29 is 14.4 Å². The molecule has 2 fully saturated rings. The molecule has 0 spiro atoms. The molecular formula is C46H50ClN15O6. The number of pyridine rings is 3. The summed E-state index contributed by atoms with van der Waals surface area (Å²) in [6, 6.07) is 10.0. The predicted molar refractivity (Wildman–Crippen MR) is 254 cm³/mol. The Hall–Kier alpha value is -7.81. The Morgan fingerprint density at radius 1 is 0.515 bits per heavy atom. The van der Waals surface area contributed by atoms with E-state index in [4.69, 9.17) is 11.6 Å². The van der Waals surface area contributed by atoms with Crippen molar-refractivity contribution >= 4 is 63.8 Å². The Morgan fingerprint density at radius 3 is 1.13 bits per heavy atom. The second-order valence-corrected chi connectivity index (χ2v) is 18.6. The fraction of sp³-hybridized carbons (Fsp3) is 0.348. The maximum absolute atomic E-state index is 12.9. The van der Waals surface area contributed by atoms with E-state index < -0.39 is 17.0 Å². The Kier molecular flexibility index (Phi) is 12.0. The molecule has 0 unspecified atom stereocenters. The van der Waals surface area contributed by atoms with Gasteiger partial charge in [-0.2, -0.15) is 0 Å². The molecule has 22 heteroatoms. The molecule has 3 amide bonds. The van der Waals surface area contributed by atoms with Gasteiger partial charge in [0.1, 0.15) is 87.6 Å². The fourth-order valence-corrected chi connectivity index (χ4v) is 8.78. The van der Waals surface area contributed by atoms with E-state index in [2.05, 4.69) is 61.8 Å². The molecule has 6 aromatic heterocycles. The number of amides is 3. The SMILES string of the molecule is C.CC1(C)NC(=O)c2c(C3CC3)cc(Nc3ccncn3)c(=O)n21.CC1(C)NC(=O)c2c(C3CC3)cc(Nc3ccncn3)c(=O)n21.CC1(C)NC(=O)c2c(Cl)cc(Nc3ccncn3)c(=O)n21. The molecule has 21 nitrogen and oxygen atoms in total. The molecule has 9 heterocycles. The molecule has 6 aromatic rings. The Morgan fingerprint density at radius 2 is 0.824 bits per heavy atom. The summed E-state index contributed by atoms with van der Waals surface area (Å²) in [6.45, 7) is 10.8. The van der Waals surface area contributed by atoms with Gasteiger partial charge in [0.05, 0.1) is 5.02 Å². The first kappa shape index (κ1) is 46.7. The molecule has 3 aliphatic heterocycles. The number of carbonyl (C=O) groups excluding carboxylic acids is 3. The molecule has 2 aliphatic carbocycles. The standard InChI is InChI=1S/2C16H17N5O2.C13H12ClN5O2.CH4/c2*1-16(2)20-14(22)13-10(9-3-4-9)7-11(15(23)21(13)16)19-12-5-6-17-8-18-12;1-13(2)18-11(20)10-7(14)5-8(12(21)19(10)13)17-9-3-4-15-6-16-9;/h2*5-9H,3-4H2,1-2H3,(H,20,22)(H,17,18,19);3-6H,1-2H3,(H,18,20)(H,15,16,17);1H4. The van der Waals surface area contributed by atoms with E-state index in [9.17, 15) is 28.8 Å². The molecule has 0 saturated heterocycles. The van der Waals surface area contributed by atoms with Gasteiger partial charge in [-0.3, -0.25) is 42.5 Å². The second kappa shape index (κ2) is 17.4. The lowest BCUT2D eigenvalue weighted by molar-refractivity contribution is 0.0925. The number of halogens is 1. The minimum Gasteiger partial charge on any atom is -0.336 e. The van der Waals surface area contributed by atoms with Crippen molar-refractivity contribution in [2.75, 3.05) is 16.0 Å². The average Bonchev–Trinajstić information content (AvgIpc) is 4.22. The van der Waals surface area contributed by atoms with Crippen LogP contribution in [-0.4, -0.2) is 61.3 Å². The second-order valence-electron chi connectivity index (χ2n) is 18.1. The van der Waals surface area contributed by atoms with E-state index in [1.54, 1.807) is 71.9 Å². The van der Waals surface area contributed by atoms with Crippen LogP contribution in [0.3, 0.4) is 0 Å². The zero-order chi connectivity index (χ0) is 47.6. The minimum absolute atomic E-state index is 0. The van der Waals surface area contributed by atoms with Gasteiger partial charge in [-0.05, 0) is 127 Å². The van der Waals surface area contributed by atoms with Crippen molar-refractivity contribution in [1.82, 2.24) is 59.6 Å². The van der Waals surface area contributed by atoms with E-state index in [1.807, 2.05) is 27.7 Å². The van der Waals surface area contributed by atoms with Gasteiger partial charge in [-0.15, -0.1) is 0 Å². The van der Waals surface area contributed by atoms with Crippen LogP contribution in [0.2, 0.25) is 5.02 Å². The number of nitrogens with one attached hydrogen (secondary N) is 6. The Labute approximate surface area is 394 Å². The third-order valence-corrected chi connectivity index (χ3v) is 12.1. The number of carbonyl (C=O) groups is 3. The molecule has 0 aromatic carbocycles. The van der Waals surface area contributed by atoms with Crippen molar-refractivity contribution in [1.29, 1.82) is 0 Å². The van der Waals surface area contributed by atoms with Crippen molar-refractivity contribution in [3.63, 3.8) is 0 Å². The number of anilines is 6. The first-order valence-electron chi connectivity index (χ1n) is 21.5. The van der Waals surface area contributed by atoms with Gasteiger partial charge >= 0.3 is 0 Å². The maximum Gasteiger partial charge on any atom is 0.276 e. The number of aromatic nitrogens is 9. The van der Waals surface area contributed by atoms with Gasteiger partial charge in [-0.25, -0.2) is 29.9 Å². The highest BCUT2D eigenvalue weighted by Crippen LogP contribution is 2.45. The van der Waals surface area contributed by atoms with E-state index in [-0.39, 0.29) is 58.2 Å². The van der Waals surface area contributed by atoms with Crippen LogP contribution >= 0.6 is 11.6 Å². The number of hydrogen-bond donors (Lipinski definition) is 6. The average molecular weight is 944 g/mol. The van der Waals surface area contributed by atoms with Crippen LogP contribution in [0.5, 0.6) is 0 Å². The Bertz CT molecular complexity index is 3020. The van der Waals surface area contributed by atoms with Crippen molar-refractivity contribution in [2.24, 2.45) is 0 Å². The largest absolute Gasteiger partial charge is 0.336 e. The first-order valence-corrected chi connectivity index (χ1v) is 21.9. The molecule has 5 aliphatic rings. The van der Waals surface area contributed by atoms with Crippen molar-refractivity contribution in [2.45, 2.75) is 103 Å². The molecular weight excluding hydrogens is 894 g/mol. The fourth-order valence-electron chi connectivity index (χ4n) is 8.50. The summed E-state index contributed by atoms with van der Waals surface area (Å²) in [7, 11) is 0. The highest BCUT2D eigenvalue weighted by Gasteiger charge is 2.43. The van der Waals surface area contributed by atoms with Gasteiger partial charge in [0.15, 0.2) is 0 Å². The minimum atomic E-state index is -0.837. The molecule has 0 bridgehead atoms. The smallest absolute Gasteiger partial charge is 0.276 e. The van der Waals surface area contributed by atoms with Crippen LogP contribution in [0.4, 0.5) is 34.5 Å². The molecule has 2 saturated carbocycles. The Balaban J connectivity index is 0.000000137. The van der Waals surface area contributed by atoms with Crippen molar-refractivity contribution in [3.8, 4) is 0 Å². The summed E-state index contributed by atoms with van der Waals surface area (Å²) >= 11 is 6.14. The van der Waals surface area contributed by atoms with E-state index in [0.29, 0.717) is 52.1 Å². The molecule has 352 valence electrons. The molecule has 68 heavy (non-hydrogen) atoms. The van der Waals surface area contributed by atoms with Gasteiger partial charge in [0.25, 0.3) is 34.4 Å². The van der Waals surface area contributed by atoms with Crippen LogP contribution in [-0.2, 0) is 17.0 Å². The van der Waals surface area contributed by atoms with Gasteiger partial charge in [0.2, 0.25) is 0 Å². The summed E-state index contributed by atoms with van der Waals surface area (Å²) in [4.78, 5) is 98.7. The third kappa shape index (κ3) is 8.78. The quantitative estimate of drug-likeness (QED) is 0.110. The zero-order valence-electron chi connectivity index (χ0n) is 37.3. The van der Waals surface area contributed by atoms with E-state index in [0.717, 1.165) is 36.8 Å². The van der Waals surface area contributed by atoms with Crippen LogP contribution in [0.1, 0.15) is 129 Å². The van der Waals surface area contributed by atoms with E-state index in [1.165, 1.54) is 29.6 Å². The van der Waals surface area contributed by atoms with Crippen LogP contribution in [0.15, 0.2) is 88.4 Å². The van der Waals surface area contributed by atoms with Crippen LogP contribution in [0.25, 0.3) is 0 Å². The third-order valence-electron chi connectivity index (χ3n) is 11.8. The summed E-state index contributed by atoms with van der Waals surface area (Å²) in [5, 5.41) is 17.7. The number of nitrogens with zero attached hydrogens (tertiary/aromatic N) is 9. The zero-order valence-corrected chi connectivity index (χ0v) is 38.0. The normalized spacial score (nSPS) is 17.2. The first-order chi connectivity index (χ1) is 31.8. The summed E-state index contributed by atoms with van der Waals surface area (Å²) in [5.74, 6) is 1.54. The van der Waals surface area contributed by atoms with Crippen molar-refractivity contribution in [3.05, 3.63) is 138 Å². The van der Waals surface area contributed by atoms with E-state index >= 15 is 0 Å².